The molecule has 0 radical (unpaired) electrons. The minimum atomic E-state index is -0.554. The number of imide groups is 1. The van der Waals surface area contributed by atoms with E-state index in [-0.39, 0.29) is 5.92 Å². The van der Waals surface area contributed by atoms with E-state index in [2.05, 4.69) is 26.6 Å². The normalized spacial score (nSPS) is 13.0. The molecule has 0 saturated heterocycles. The van der Waals surface area contributed by atoms with Gasteiger partial charge in [-0.3, -0.25) is 10.1 Å². The van der Waals surface area contributed by atoms with E-state index in [0.717, 1.165) is 10.0 Å². The van der Waals surface area contributed by atoms with E-state index < -0.39 is 11.9 Å². The molecule has 5 heteroatoms. The average Bonchev–Trinajstić information content (AvgIpc) is 3.10. The summed E-state index contributed by atoms with van der Waals surface area (Å²) < 4.78 is 0.870. The van der Waals surface area contributed by atoms with Crippen molar-refractivity contribution in [2.45, 2.75) is 5.92 Å². The standard InChI is InChI=1S/C19H15BrN2O2/c20-15-11-9-14(10-12-15)18(23)22-19(24)21-17-8-4-3-7-16(17)13-5-1-2-6-13/h1-13H,(H2,21,22,23,24). The predicted molar refractivity (Wildman–Crippen MR) is 98.1 cm³/mol. The number of anilines is 1. The van der Waals surface area contributed by atoms with Gasteiger partial charge in [0.1, 0.15) is 0 Å². The van der Waals surface area contributed by atoms with Gasteiger partial charge in [0.15, 0.2) is 0 Å². The molecule has 2 aromatic carbocycles. The fraction of sp³-hybridized carbons (Fsp3) is 0.0526. The van der Waals surface area contributed by atoms with Gasteiger partial charge in [0.05, 0.1) is 0 Å². The van der Waals surface area contributed by atoms with Crippen LogP contribution in [0.25, 0.3) is 0 Å². The first-order chi connectivity index (χ1) is 11.6. The number of urea groups is 1. The quantitative estimate of drug-likeness (QED) is 0.813. The van der Waals surface area contributed by atoms with Gasteiger partial charge in [-0.05, 0) is 35.9 Å². The van der Waals surface area contributed by atoms with Crippen LogP contribution < -0.4 is 10.6 Å². The molecule has 0 fully saturated rings. The smallest absolute Gasteiger partial charge is 0.307 e. The molecule has 0 aliphatic heterocycles. The van der Waals surface area contributed by atoms with Crippen LogP contribution in [0.5, 0.6) is 0 Å². The SMILES string of the molecule is O=C(NC(=O)c1ccc(Br)cc1)Nc1ccccc1C1C=CC=C1. The number of rotatable bonds is 3. The van der Waals surface area contributed by atoms with Crippen LogP contribution in [0.2, 0.25) is 0 Å². The number of hydrogen-bond donors (Lipinski definition) is 2. The summed E-state index contributed by atoms with van der Waals surface area (Å²) in [5.41, 5.74) is 2.08. The lowest BCUT2D eigenvalue weighted by Crippen LogP contribution is -2.34. The molecule has 0 aromatic heterocycles. The maximum atomic E-state index is 12.1. The van der Waals surface area contributed by atoms with Gasteiger partial charge in [0.2, 0.25) is 0 Å². The summed E-state index contributed by atoms with van der Waals surface area (Å²) in [5, 5.41) is 5.09. The Bertz CT molecular complexity index is 814. The highest BCUT2D eigenvalue weighted by Crippen LogP contribution is 2.29. The molecule has 3 amide bonds. The van der Waals surface area contributed by atoms with Crippen LogP contribution in [0.15, 0.2) is 77.3 Å². The second-order valence-electron chi connectivity index (χ2n) is 5.30. The number of carbonyl (C=O) groups is 2. The van der Waals surface area contributed by atoms with Crippen molar-refractivity contribution in [1.29, 1.82) is 0 Å². The van der Waals surface area contributed by atoms with Crippen LogP contribution in [0.1, 0.15) is 21.8 Å². The predicted octanol–water partition coefficient (Wildman–Crippen LogP) is 4.62. The Morgan fingerprint density at radius 2 is 1.58 bits per heavy atom. The maximum Gasteiger partial charge on any atom is 0.326 e. The van der Waals surface area contributed by atoms with Crippen LogP contribution in [0.4, 0.5) is 10.5 Å². The third kappa shape index (κ3) is 3.81. The Morgan fingerprint density at radius 3 is 2.29 bits per heavy atom. The van der Waals surface area contributed by atoms with Gasteiger partial charge < -0.3 is 5.32 Å². The van der Waals surface area contributed by atoms with Gasteiger partial charge in [-0.1, -0.05) is 58.4 Å². The number of nitrogens with one attached hydrogen (secondary N) is 2. The van der Waals surface area contributed by atoms with Crippen LogP contribution in [0, 0.1) is 0 Å². The summed E-state index contributed by atoms with van der Waals surface area (Å²) in [6, 6.07) is 13.8. The highest BCUT2D eigenvalue weighted by molar-refractivity contribution is 9.10. The summed E-state index contributed by atoms with van der Waals surface area (Å²) in [6.45, 7) is 0. The molecule has 0 unspecified atom stereocenters. The monoisotopic (exact) mass is 382 g/mol. The van der Waals surface area contributed by atoms with Crippen molar-refractivity contribution in [1.82, 2.24) is 5.32 Å². The molecular weight excluding hydrogens is 368 g/mol. The zero-order chi connectivity index (χ0) is 16.9. The van der Waals surface area contributed by atoms with Crippen molar-refractivity contribution in [3.8, 4) is 0 Å². The lowest BCUT2D eigenvalue weighted by atomic mass is 9.99. The average molecular weight is 383 g/mol. The number of hydrogen-bond acceptors (Lipinski definition) is 2. The first kappa shape index (κ1) is 16.2. The highest BCUT2D eigenvalue weighted by atomic mass is 79.9. The lowest BCUT2D eigenvalue weighted by molar-refractivity contribution is 0.0967. The van der Waals surface area contributed by atoms with Gasteiger partial charge in [-0.25, -0.2) is 4.79 Å². The van der Waals surface area contributed by atoms with E-state index in [9.17, 15) is 9.59 Å². The summed E-state index contributed by atoms with van der Waals surface area (Å²) in [5.74, 6) is -0.318. The Morgan fingerprint density at radius 1 is 0.917 bits per heavy atom. The maximum absolute atomic E-state index is 12.1. The van der Waals surface area contributed by atoms with Crippen molar-refractivity contribution in [2.24, 2.45) is 0 Å². The lowest BCUT2D eigenvalue weighted by Gasteiger charge is -2.14. The number of para-hydroxylation sites is 1. The topological polar surface area (TPSA) is 58.2 Å². The summed E-state index contributed by atoms with van der Waals surface area (Å²) in [7, 11) is 0. The molecule has 1 aliphatic carbocycles. The molecule has 0 spiro atoms. The minimum Gasteiger partial charge on any atom is -0.307 e. The summed E-state index contributed by atoms with van der Waals surface area (Å²) in [4.78, 5) is 24.2. The molecule has 2 N–H and O–H groups in total. The van der Waals surface area contributed by atoms with E-state index in [1.54, 1.807) is 24.3 Å². The molecule has 0 saturated carbocycles. The fourth-order valence-electron chi connectivity index (χ4n) is 2.47. The van der Waals surface area contributed by atoms with Crippen molar-refractivity contribution in [3.05, 3.63) is 88.4 Å². The molecule has 0 bridgehead atoms. The summed E-state index contributed by atoms with van der Waals surface area (Å²) >= 11 is 3.31. The van der Waals surface area contributed by atoms with Gasteiger partial charge in [-0.15, -0.1) is 0 Å². The van der Waals surface area contributed by atoms with Crippen molar-refractivity contribution in [3.63, 3.8) is 0 Å². The number of benzene rings is 2. The van der Waals surface area contributed by atoms with Crippen molar-refractivity contribution in [2.75, 3.05) is 5.32 Å². The van der Waals surface area contributed by atoms with E-state index in [1.807, 2.05) is 48.6 Å². The Labute approximate surface area is 148 Å². The zero-order valence-corrected chi connectivity index (χ0v) is 14.3. The molecule has 3 rings (SSSR count). The fourth-order valence-corrected chi connectivity index (χ4v) is 2.74. The molecule has 2 aromatic rings. The molecule has 0 atom stereocenters. The van der Waals surface area contributed by atoms with Crippen LogP contribution in [-0.2, 0) is 0 Å². The Balaban J connectivity index is 1.69. The molecule has 4 nitrogen and oxygen atoms in total. The molecule has 24 heavy (non-hydrogen) atoms. The van der Waals surface area contributed by atoms with E-state index in [1.165, 1.54) is 0 Å². The molecule has 120 valence electrons. The second kappa shape index (κ2) is 7.27. The van der Waals surface area contributed by atoms with E-state index >= 15 is 0 Å². The zero-order valence-electron chi connectivity index (χ0n) is 12.7. The van der Waals surface area contributed by atoms with Crippen molar-refractivity contribution < 1.29 is 9.59 Å². The highest BCUT2D eigenvalue weighted by Gasteiger charge is 2.15. The third-order valence-corrected chi connectivity index (χ3v) is 4.18. The van der Waals surface area contributed by atoms with Crippen LogP contribution >= 0.6 is 15.9 Å². The number of allylic oxidation sites excluding steroid dienone is 4. The second-order valence-corrected chi connectivity index (χ2v) is 6.21. The summed E-state index contributed by atoms with van der Waals surface area (Å²) in [6.07, 6.45) is 8.04. The first-order valence-electron chi connectivity index (χ1n) is 7.45. The van der Waals surface area contributed by atoms with Gasteiger partial charge >= 0.3 is 6.03 Å². The van der Waals surface area contributed by atoms with Gasteiger partial charge in [0, 0.05) is 21.6 Å². The Hall–Kier alpha value is -2.66. The number of amides is 3. The molecular formula is C19H15BrN2O2. The van der Waals surface area contributed by atoms with Gasteiger partial charge in [-0.2, -0.15) is 0 Å². The van der Waals surface area contributed by atoms with Crippen molar-refractivity contribution >= 4 is 33.6 Å². The largest absolute Gasteiger partial charge is 0.326 e. The van der Waals surface area contributed by atoms with E-state index in [4.69, 9.17) is 0 Å². The number of carbonyl (C=O) groups excluding carboxylic acids is 2. The van der Waals surface area contributed by atoms with Crippen LogP contribution in [0.3, 0.4) is 0 Å². The molecule has 1 aliphatic rings. The number of halogens is 1. The van der Waals surface area contributed by atoms with Crippen LogP contribution in [-0.4, -0.2) is 11.9 Å². The molecule has 0 heterocycles. The van der Waals surface area contributed by atoms with Gasteiger partial charge in [0.25, 0.3) is 5.91 Å². The third-order valence-electron chi connectivity index (χ3n) is 3.65. The van der Waals surface area contributed by atoms with E-state index in [0.29, 0.717) is 11.3 Å². The Kier molecular flexibility index (Phi) is 4.91. The minimum absolute atomic E-state index is 0.128. The first-order valence-corrected chi connectivity index (χ1v) is 8.24.